The Kier molecular flexibility index (Phi) is 5.68. The minimum Gasteiger partial charge on any atom is -0.482 e. The molecular weight excluding hydrogens is 454 g/mol. The number of nitrogens with zero attached hydrogens (tertiary/aromatic N) is 2. The first kappa shape index (κ1) is 21.5. The highest BCUT2D eigenvalue weighted by Crippen LogP contribution is 2.37. The van der Waals surface area contributed by atoms with E-state index in [9.17, 15) is 18.0 Å². The average Bonchev–Trinajstić information content (AvgIpc) is 3.23. The Bertz CT molecular complexity index is 1320. The van der Waals surface area contributed by atoms with Gasteiger partial charge in [-0.05, 0) is 42.5 Å². The molecule has 0 spiro atoms. The maximum Gasteiger partial charge on any atom is 0.335 e. The highest BCUT2D eigenvalue weighted by Gasteiger charge is 2.25. The van der Waals surface area contributed by atoms with Gasteiger partial charge in [0.05, 0.1) is 21.8 Å². The van der Waals surface area contributed by atoms with Gasteiger partial charge in [0, 0.05) is 17.5 Å². The number of hydrogen-bond donors (Lipinski definition) is 2. The molecule has 3 aromatic rings. The summed E-state index contributed by atoms with van der Waals surface area (Å²) in [6.07, 6.45) is 1.62. The van der Waals surface area contributed by atoms with E-state index >= 15 is 0 Å². The molecule has 9 nitrogen and oxygen atoms in total. The highest BCUT2D eigenvalue weighted by atomic mass is 32.2. The maximum absolute atomic E-state index is 12.6. The number of anilines is 2. The van der Waals surface area contributed by atoms with Crippen molar-refractivity contribution in [2.45, 2.75) is 4.90 Å². The standard InChI is InChI=1S/C21H17N3O6S2/c1-2-9-24-17-10-14(5-8-18(17)30-11-19(24)25)16-12-31-21(22-16)23-32(28,29)15-6-3-13(4-7-15)20(26)27/h2-8,10,12H,1,9,11H2,(H,22,23)(H,26,27). The van der Waals surface area contributed by atoms with Gasteiger partial charge < -0.3 is 14.7 Å². The number of hydrogen-bond acceptors (Lipinski definition) is 7. The zero-order chi connectivity index (χ0) is 22.9. The fraction of sp³-hybridized carbons (Fsp3) is 0.0952. The van der Waals surface area contributed by atoms with Crippen molar-refractivity contribution >= 4 is 44.1 Å². The number of nitrogens with one attached hydrogen (secondary N) is 1. The molecule has 0 bridgehead atoms. The minimum atomic E-state index is -3.94. The van der Waals surface area contributed by atoms with E-state index in [2.05, 4.69) is 16.3 Å². The SMILES string of the molecule is C=CCN1C(=O)COc2ccc(-c3csc(NS(=O)(=O)c4ccc(C(=O)O)cc4)n3)cc21. The third-order valence-electron chi connectivity index (χ3n) is 4.65. The molecule has 11 heteroatoms. The Balaban J connectivity index is 1.58. The molecule has 2 N–H and O–H groups in total. The number of benzene rings is 2. The molecule has 0 fully saturated rings. The summed E-state index contributed by atoms with van der Waals surface area (Å²) in [5.74, 6) is -0.762. The summed E-state index contributed by atoms with van der Waals surface area (Å²) < 4.78 is 33.1. The van der Waals surface area contributed by atoms with Gasteiger partial charge in [-0.15, -0.1) is 17.9 Å². The Labute approximate surface area is 187 Å². The summed E-state index contributed by atoms with van der Waals surface area (Å²) >= 11 is 1.10. The Morgan fingerprint density at radius 3 is 2.72 bits per heavy atom. The van der Waals surface area contributed by atoms with E-state index in [1.54, 1.807) is 34.6 Å². The molecule has 0 aliphatic carbocycles. The Morgan fingerprint density at radius 2 is 2.03 bits per heavy atom. The van der Waals surface area contributed by atoms with E-state index in [1.807, 2.05) is 0 Å². The van der Waals surface area contributed by atoms with Crippen LogP contribution in [0.3, 0.4) is 0 Å². The molecule has 164 valence electrons. The third-order valence-corrected chi connectivity index (χ3v) is 6.89. The Morgan fingerprint density at radius 1 is 1.28 bits per heavy atom. The van der Waals surface area contributed by atoms with Crippen LogP contribution in [0.2, 0.25) is 0 Å². The number of carboxylic acids is 1. The summed E-state index contributed by atoms with van der Waals surface area (Å²) in [6.45, 7) is 3.97. The van der Waals surface area contributed by atoms with Crippen molar-refractivity contribution in [3.8, 4) is 17.0 Å². The number of rotatable bonds is 7. The van der Waals surface area contributed by atoms with Crippen molar-refractivity contribution in [2.24, 2.45) is 0 Å². The number of sulfonamides is 1. The molecule has 4 rings (SSSR count). The van der Waals surface area contributed by atoms with Gasteiger partial charge in [0.2, 0.25) is 0 Å². The summed E-state index contributed by atoms with van der Waals surface area (Å²) in [5.41, 5.74) is 1.78. The molecule has 0 saturated heterocycles. The highest BCUT2D eigenvalue weighted by molar-refractivity contribution is 7.93. The van der Waals surface area contributed by atoms with Crippen molar-refractivity contribution in [3.05, 3.63) is 66.1 Å². The largest absolute Gasteiger partial charge is 0.482 e. The van der Waals surface area contributed by atoms with E-state index in [0.29, 0.717) is 29.2 Å². The van der Waals surface area contributed by atoms with Gasteiger partial charge in [0.1, 0.15) is 5.75 Å². The van der Waals surface area contributed by atoms with Crippen LogP contribution in [0.5, 0.6) is 5.75 Å². The van der Waals surface area contributed by atoms with Crippen LogP contribution in [0.1, 0.15) is 10.4 Å². The van der Waals surface area contributed by atoms with Crippen LogP contribution in [-0.4, -0.2) is 43.5 Å². The van der Waals surface area contributed by atoms with Gasteiger partial charge >= 0.3 is 5.97 Å². The van der Waals surface area contributed by atoms with E-state index in [4.69, 9.17) is 9.84 Å². The third kappa shape index (κ3) is 4.20. The maximum atomic E-state index is 12.6. The first-order chi connectivity index (χ1) is 15.3. The smallest absolute Gasteiger partial charge is 0.335 e. The van der Waals surface area contributed by atoms with E-state index in [1.165, 1.54) is 24.3 Å². The number of aromatic carboxylic acids is 1. The summed E-state index contributed by atoms with van der Waals surface area (Å²) in [7, 11) is -3.94. The lowest BCUT2D eigenvalue weighted by atomic mass is 10.1. The van der Waals surface area contributed by atoms with Gasteiger partial charge in [-0.3, -0.25) is 9.52 Å². The minimum absolute atomic E-state index is 0.0131. The van der Waals surface area contributed by atoms with Crippen LogP contribution in [-0.2, 0) is 14.8 Å². The normalized spacial score (nSPS) is 13.2. The van der Waals surface area contributed by atoms with Crippen molar-refractivity contribution < 1.29 is 27.9 Å². The lowest BCUT2D eigenvalue weighted by Crippen LogP contribution is -2.38. The van der Waals surface area contributed by atoms with Crippen molar-refractivity contribution in [1.29, 1.82) is 0 Å². The van der Waals surface area contributed by atoms with Crippen molar-refractivity contribution in [1.82, 2.24) is 4.98 Å². The molecule has 2 aromatic carbocycles. The number of thiazole rings is 1. The van der Waals surface area contributed by atoms with Gasteiger partial charge in [-0.1, -0.05) is 6.08 Å². The lowest BCUT2D eigenvalue weighted by Gasteiger charge is -2.28. The lowest BCUT2D eigenvalue weighted by molar-refractivity contribution is -0.121. The second-order valence-electron chi connectivity index (χ2n) is 6.74. The second-order valence-corrected chi connectivity index (χ2v) is 9.28. The van der Waals surface area contributed by atoms with Gasteiger partial charge in [-0.25, -0.2) is 18.2 Å². The van der Waals surface area contributed by atoms with E-state index in [-0.39, 0.29) is 28.1 Å². The summed E-state index contributed by atoms with van der Waals surface area (Å²) in [6, 6.07) is 10.1. The molecule has 0 radical (unpaired) electrons. The van der Waals surface area contributed by atoms with Crippen LogP contribution in [0.25, 0.3) is 11.3 Å². The summed E-state index contributed by atoms with van der Waals surface area (Å²) in [4.78, 5) is 29.0. The van der Waals surface area contributed by atoms with Gasteiger partial charge in [0.25, 0.3) is 15.9 Å². The van der Waals surface area contributed by atoms with Crippen LogP contribution >= 0.6 is 11.3 Å². The van der Waals surface area contributed by atoms with E-state index in [0.717, 1.165) is 11.3 Å². The zero-order valence-electron chi connectivity index (χ0n) is 16.5. The molecule has 0 saturated carbocycles. The van der Waals surface area contributed by atoms with Crippen LogP contribution in [0.15, 0.2) is 65.4 Å². The number of fused-ring (bicyclic) bond motifs is 1. The molecule has 1 aliphatic rings. The van der Waals surface area contributed by atoms with E-state index < -0.39 is 16.0 Å². The monoisotopic (exact) mass is 471 g/mol. The predicted molar refractivity (Wildman–Crippen MR) is 120 cm³/mol. The quantitative estimate of drug-likeness (QED) is 0.507. The zero-order valence-corrected chi connectivity index (χ0v) is 18.1. The molecule has 1 aromatic heterocycles. The molecule has 0 unspecified atom stereocenters. The molecule has 1 amide bonds. The fourth-order valence-electron chi connectivity index (χ4n) is 3.09. The number of ether oxygens (including phenoxy) is 1. The number of carbonyl (C=O) groups excluding carboxylic acids is 1. The van der Waals surface area contributed by atoms with Crippen molar-refractivity contribution in [3.63, 3.8) is 0 Å². The Hall–Kier alpha value is -3.70. The second kappa shape index (κ2) is 8.44. The molecule has 32 heavy (non-hydrogen) atoms. The van der Waals surface area contributed by atoms with Crippen molar-refractivity contribution in [2.75, 3.05) is 22.8 Å². The van der Waals surface area contributed by atoms with Gasteiger partial charge in [-0.2, -0.15) is 0 Å². The molecular formula is C21H17N3O6S2. The first-order valence-corrected chi connectivity index (χ1v) is 11.6. The summed E-state index contributed by atoms with van der Waals surface area (Å²) in [5, 5.41) is 10.8. The number of aromatic nitrogens is 1. The average molecular weight is 472 g/mol. The van der Waals surface area contributed by atoms with Crippen LogP contribution < -0.4 is 14.4 Å². The van der Waals surface area contributed by atoms with Crippen LogP contribution in [0.4, 0.5) is 10.8 Å². The molecule has 0 atom stereocenters. The number of amides is 1. The molecule has 2 heterocycles. The number of carbonyl (C=O) groups is 2. The van der Waals surface area contributed by atoms with Gasteiger partial charge in [0.15, 0.2) is 11.7 Å². The van der Waals surface area contributed by atoms with Crippen LogP contribution in [0, 0.1) is 0 Å². The number of carboxylic acid groups (broad SMARTS) is 1. The predicted octanol–water partition coefficient (Wildman–Crippen LogP) is 3.22. The topological polar surface area (TPSA) is 126 Å². The molecule has 1 aliphatic heterocycles. The first-order valence-electron chi connectivity index (χ1n) is 9.28. The fourth-order valence-corrected chi connectivity index (χ4v) is 5.07.